The van der Waals surface area contributed by atoms with Crippen LogP contribution in [0.15, 0.2) is 182 Å². The number of aromatic hydroxyl groups is 3. The number of piperazine rings is 2. The first-order valence-electron chi connectivity index (χ1n) is 47.7. The van der Waals surface area contributed by atoms with Crippen LogP contribution >= 0.6 is 34.8 Å². The number of hydrogen-bond acceptors (Lipinski definition) is 15. The van der Waals surface area contributed by atoms with Crippen molar-refractivity contribution >= 4 is 59.0 Å². The Morgan fingerprint density at radius 2 is 0.681 bits per heavy atom. The Labute approximate surface area is 813 Å². The summed E-state index contributed by atoms with van der Waals surface area (Å²) in [6.07, 6.45) is 9.68. The van der Waals surface area contributed by atoms with Gasteiger partial charge in [-0.15, -0.1) is 0 Å². The van der Waals surface area contributed by atoms with Gasteiger partial charge in [0.25, 0.3) is 24.2 Å². The van der Waals surface area contributed by atoms with Crippen molar-refractivity contribution in [2.75, 3.05) is 66.5 Å². The number of aryl methyl sites for hydroxylation is 8. The molecule has 17 rings (SSSR count). The molecule has 0 spiro atoms. The summed E-state index contributed by atoms with van der Waals surface area (Å²) in [5, 5.41) is 37.6. The number of rotatable bonds is 25. The molecule has 2 fully saturated rings. The summed E-state index contributed by atoms with van der Waals surface area (Å²) >= 11 is 18.2. The largest absolute Gasteiger partial charge is 0.508 e. The van der Waals surface area contributed by atoms with Gasteiger partial charge in [-0.25, -0.2) is 8.78 Å². The van der Waals surface area contributed by atoms with Crippen molar-refractivity contribution in [3.8, 4) is 23.0 Å². The maximum Gasteiger partial charge on any atom is 0.298 e. The van der Waals surface area contributed by atoms with Gasteiger partial charge in [0.1, 0.15) is 34.6 Å². The maximum atomic E-state index is 13.9. The molecule has 7 aliphatic heterocycles. The smallest absolute Gasteiger partial charge is 0.298 e. The van der Waals surface area contributed by atoms with Gasteiger partial charge in [-0.2, -0.15) is 0 Å². The van der Waals surface area contributed by atoms with Crippen molar-refractivity contribution in [2.45, 2.75) is 247 Å². The lowest BCUT2D eigenvalue weighted by molar-refractivity contribution is -0.120. The van der Waals surface area contributed by atoms with Crippen LogP contribution in [0, 0.1) is 32.4 Å². The number of amides is 3. The van der Waals surface area contributed by atoms with Gasteiger partial charge in [0.15, 0.2) is 0 Å². The third-order valence-electron chi connectivity index (χ3n) is 29.1. The van der Waals surface area contributed by atoms with E-state index in [2.05, 4.69) is 153 Å². The summed E-state index contributed by atoms with van der Waals surface area (Å²) in [5.41, 5.74) is 22.1. The molecule has 18 nitrogen and oxygen atoms in total. The minimum absolute atomic E-state index is 0.000490. The number of carbonyl (C=O) groups excluding carboxylic acids is 4. The zero-order valence-electron chi connectivity index (χ0n) is 81.5. The fourth-order valence-corrected chi connectivity index (χ4v) is 19.7. The lowest BCUT2D eigenvalue weighted by atomic mass is 9.93. The lowest BCUT2D eigenvalue weighted by Gasteiger charge is -2.36. The van der Waals surface area contributed by atoms with Gasteiger partial charge in [0, 0.05) is 198 Å². The van der Waals surface area contributed by atoms with E-state index in [-0.39, 0.29) is 57.1 Å². The van der Waals surface area contributed by atoms with Crippen LogP contribution < -0.4 is 15.4 Å². The van der Waals surface area contributed by atoms with Crippen LogP contribution in [0.4, 0.5) is 8.78 Å². The second kappa shape index (κ2) is 44.6. The molecule has 23 heteroatoms. The van der Waals surface area contributed by atoms with Crippen LogP contribution in [0.5, 0.6) is 23.0 Å². The van der Waals surface area contributed by atoms with Crippen molar-refractivity contribution < 1.29 is 48.0 Å². The van der Waals surface area contributed by atoms with Gasteiger partial charge < -0.3 is 45.4 Å². The quantitative estimate of drug-likeness (QED) is 0.0340. The highest BCUT2D eigenvalue weighted by atomic mass is 35.5. The molecular weight excluding hydrogens is 1760 g/mol. The minimum atomic E-state index is -0.321. The highest BCUT2D eigenvalue weighted by molar-refractivity contribution is 6.42. The third-order valence-corrected chi connectivity index (χ3v) is 30.1. The zero-order valence-corrected chi connectivity index (χ0v) is 83.8. The van der Waals surface area contributed by atoms with Gasteiger partial charge >= 0.3 is 0 Å². The molecule has 0 bridgehead atoms. The van der Waals surface area contributed by atoms with Crippen LogP contribution in [-0.4, -0.2) is 173 Å². The molecule has 0 radical (unpaired) electrons. The standard InChI is InChI=1S/C24H29Cl2N3O.C24H30ClN3O.C23H30N2O2.C21H25NO3.C20H23F2NO/c1-24(2,9-8-17-6-7-21(25)22(26)14-17)29-15-18-4-3-5-19(20(18)16-29)23(30)28-12-10-27-11-13-28;1-24(2,11-10-18-6-8-20(25)9-7-18)28-16-19-4-3-5-21(22(19)17-28)23(29)27-14-12-26-13-15-27;1-16-13-17(9-10-21(16)26)11-12-23(2,3)25-14-18-7-6-8-19(20(18)15-25)22(27)24(4)5;1-15-11-16(7-8-19(15)24)9-10-21(2,3)22-12-17-5-4-6-20(25-14-23)18(17)13-22;1-13-10-14(4-7-19(13)24)8-9-20(2,3)23-11-15-16(12-23)18(22)6-5-17(15)21/h3-7,14,27H,8-13,15-16H2,1-2H3;3-9,26H,10-17H2,1-2H3;6-10,13,26H,11-12,14-15H2,1-5H3;4-8,11,14,24H,9-10,12-13H2,1-3H3;4-7,10,24H,8-9,11-12H2,1-3H3. The monoisotopic (exact) mass is 1890 g/mol. The highest BCUT2D eigenvalue weighted by Gasteiger charge is 2.41. The summed E-state index contributed by atoms with van der Waals surface area (Å²) in [4.78, 5) is 67.1. The minimum Gasteiger partial charge on any atom is -0.508 e. The summed E-state index contributed by atoms with van der Waals surface area (Å²) in [6, 6.07) is 58.1. The molecule has 0 saturated carbocycles. The molecule has 10 aromatic rings. The van der Waals surface area contributed by atoms with E-state index in [9.17, 15) is 43.3 Å². The number of halogens is 5. The van der Waals surface area contributed by atoms with Gasteiger partial charge in [0.2, 0.25) is 0 Å². The number of nitrogens with zero attached hydrogens (tertiary/aromatic N) is 8. The van der Waals surface area contributed by atoms with Crippen LogP contribution in [-0.2, 0) is 102 Å². The van der Waals surface area contributed by atoms with Crippen LogP contribution in [0.25, 0.3) is 0 Å². The molecule has 0 aromatic heterocycles. The molecule has 135 heavy (non-hydrogen) atoms. The van der Waals surface area contributed by atoms with Crippen molar-refractivity contribution in [3.05, 3.63) is 326 Å². The summed E-state index contributed by atoms with van der Waals surface area (Å²) in [5.74, 6) is 1.46. The second-order valence-electron chi connectivity index (χ2n) is 40.8. The van der Waals surface area contributed by atoms with Crippen molar-refractivity contribution in [2.24, 2.45) is 0 Å². The van der Waals surface area contributed by atoms with E-state index in [1.165, 1.54) is 73.3 Å². The van der Waals surface area contributed by atoms with E-state index in [4.69, 9.17) is 39.5 Å². The Balaban J connectivity index is 0.000000143. The van der Waals surface area contributed by atoms with Crippen molar-refractivity contribution in [3.63, 3.8) is 0 Å². The van der Waals surface area contributed by atoms with Crippen molar-refractivity contribution in [1.82, 2.24) is 49.8 Å². The highest BCUT2D eigenvalue weighted by Crippen LogP contribution is 2.42. The first kappa shape index (κ1) is 102. The van der Waals surface area contributed by atoms with Crippen molar-refractivity contribution in [1.29, 1.82) is 0 Å². The molecule has 7 heterocycles. The predicted octanol–water partition coefficient (Wildman–Crippen LogP) is 21.7. The first-order valence-corrected chi connectivity index (χ1v) is 48.8. The van der Waals surface area contributed by atoms with Gasteiger partial charge in [-0.05, 0) is 317 Å². The average Bonchev–Trinajstić information content (AvgIpc) is 1.65. The molecule has 3 amide bonds. The molecule has 0 atom stereocenters. The fraction of sp³-hybridized carbons (Fsp3) is 0.429. The maximum absolute atomic E-state index is 13.9. The number of benzene rings is 10. The molecule has 0 unspecified atom stereocenters. The SMILES string of the molecule is CC(C)(CCc1ccc(Cl)c(Cl)c1)N1Cc2cccc(C(=O)N3CCNCC3)c2C1.CC(C)(CCc1ccc(Cl)cc1)N1Cc2cccc(C(=O)N3CCNCC3)c2C1.Cc1cc(CCC(C)(C)N2Cc3c(F)ccc(F)c3C2)ccc1O.Cc1cc(CCC(C)(C)N2Cc3cccc(C(=O)N(C)C)c3C2)ccc1O.Cc1cc(CCC(C)(C)N2Cc3cccc(OC=O)c3C2)ccc1O. The number of nitrogens with one attached hydrogen (secondary N) is 2. The number of phenols is 3. The van der Waals surface area contributed by atoms with E-state index in [1.54, 1.807) is 37.2 Å². The van der Waals surface area contributed by atoms with Gasteiger partial charge in [-0.1, -0.05) is 138 Å². The molecule has 10 aromatic carbocycles. The fourth-order valence-electron chi connectivity index (χ4n) is 19.3. The molecule has 2 saturated heterocycles. The number of ether oxygens (including phenoxy) is 1. The Kier molecular flexibility index (Phi) is 33.8. The number of phenolic OH excluding ortho intramolecular Hbond substituents is 3. The van der Waals surface area contributed by atoms with E-state index < -0.39 is 0 Å². The number of fused-ring (bicyclic) bond motifs is 5. The summed E-state index contributed by atoms with van der Waals surface area (Å²) in [6.45, 7) is 43.1. The van der Waals surface area contributed by atoms with Crippen LogP contribution in [0.2, 0.25) is 15.1 Å². The average molecular weight is 1900 g/mol. The van der Waals surface area contributed by atoms with E-state index in [0.717, 1.165) is 218 Å². The van der Waals surface area contributed by atoms with E-state index >= 15 is 0 Å². The topological polar surface area (TPSA) is 188 Å². The summed E-state index contributed by atoms with van der Waals surface area (Å²) in [7, 11) is 3.61. The molecule has 718 valence electrons. The van der Waals surface area contributed by atoms with Crippen LogP contribution in [0.3, 0.4) is 0 Å². The molecule has 7 aliphatic rings. The second-order valence-corrected chi connectivity index (χ2v) is 42.0. The Morgan fingerprint density at radius 1 is 0.378 bits per heavy atom. The Bertz CT molecular complexity index is 5840. The Hall–Kier alpha value is -10.1. The summed E-state index contributed by atoms with van der Waals surface area (Å²) < 4.78 is 33.0. The lowest BCUT2D eigenvalue weighted by Crippen LogP contribution is -2.46. The Morgan fingerprint density at radius 3 is 1.04 bits per heavy atom. The molecular formula is C112H137Cl3F2N10O8. The first-order chi connectivity index (χ1) is 64.2. The zero-order chi connectivity index (χ0) is 97.0. The van der Waals surface area contributed by atoms with E-state index in [0.29, 0.717) is 63.7 Å². The third kappa shape index (κ3) is 25.7. The number of carbonyl (C=O) groups is 4. The van der Waals surface area contributed by atoms with Crippen LogP contribution in [0.1, 0.15) is 233 Å². The number of hydrogen-bond donors (Lipinski definition) is 5. The molecule has 5 N–H and O–H groups in total. The van der Waals surface area contributed by atoms with Gasteiger partial charge in [-0.3, -0.25) is 43.7 Å². The molecule has 0 aliphatic carbocycles. The van der Waals surface area contributed by atoms with E-state index in [1.807, 2.05) is 134 Å². The normalized spacial score (nSPS) is 15.7. The predicted molar refractivity (Wildman–Crippen MR) is 539 cm³/mol. The van der Waals surface area contributed by atoms with Gasteiger partial charge in [0.05, 0.1) is 10.0 Å².